The molecule has 2 heteroatoms. The van der Waals surface area contributed by atoms with Crippen LogP contribution in [-0.2, 0) is 6.42 Å². The molecule has 0 heterocycles. The minimum absolute atomic E-state index is 0.162. The maximum atomic E-state index is 13.1. The topological polar surface area (TPSA) is 23.8 Å². The van der Waals surface area contributed by atoms with Gasteiger partial charge in [0.2, 0.25) is 0 Å². The van der Waals surface area contributed by atoms with Crippen LogP contribution in [0.3, 0.4) is 0 Å². The first kappa shape index (κ1) is 14.7. The van der Waals surface area contributed by atoms with Gasteiger partial charge in [-0.2, -0.15) is 5.26 Å². The first-order chi connectivity index (χ1) is 8.77. The summed E-state index contributed by atoms with van der Waals surface area (Å²) in [6.45, 7) is 2.22. The van der Waals surface area contributed by atoms with E-state index in [-0.39, 0.29) is 5.56 Å². The molecule has 0 aliphatic carbocycles. The van der Waals surface area contributed by atoms with Gasteiger partial charge in [-0.1, -0.05) is 51.5 Å². The average molecular weight is 247 g/mol. The Balaban J connectivity index is 2.22. The molecule has 1 aromatic rings. The summed E-state index contributed by atoms with van der Waals surface area (Å²) in [5, 5.41) is 8.74. The van der Waals surface area contributed by atoms with Crippen molar-refractivity contribution in [3.05, 3.63) is 35.1 Å². The molecule has 0 amide bonds. The second kappa shape index (κ2) is 8.69. The number of hydrogen-bond acceptors (Lipinski definition) is 1. The fraction of sp³-hybridized carbons (Fsp3) is 0.562. The highest BCUT2D eigenvalue weighted by molar-refractivity contribution is 5.34. The van der Waals surface area contributed by atoms with Gasteiger partial charge >= 0.3 is 0 Å². The van der Waals surface area contributed by atoms with E-state index in [0.717, 1.165) is 18.4 Å². The van der Waals surface area contributed by atoms with E-state index in [2.05, 4.69) is 6.92 Å². The van der Waals surface area contributed by atoms with Gasteiger partial charge in [-0.3, -0.25) is 0 Å². The smallest absolute Gasteiger partial charge is 0.140 e. The van der Waals surface area contributed by atoms with Crippen LogP contribution in [0.2, 0.25) is 0 Å². The van der Waals surface area contributed by atoms with Crippen molar-refractivity contribution < 1.29 is 4.39 Å². The van der Waals surface area contributed by atoms with Crippen LogP contribution in [0.25, 0.3) is 0 Å². The van der Waals surface area contributed by atoms with Crippen molar-refractivity contribution in [2.45, 2.75) is 58.3 Å². The van der Waals surface area contributed by atoms with Crippen LogP contribution in [-0.4, -0.2) is 0 Å². The Morgan fingerprint density at radius 2 is 1.72 bits per heavy atom. The Kier molecular flexibility index (Phi) is 7.10. The molecule has 0 aromatic heterocycles. The molecule has 0 aliphatic heterocycles. The lowest BCUT2D eigenvalue weighted by molar-refractivity contribution is 0.588. The summed E-state index contributed by atoms with van der Waals surface area (Å²) in [5.74, 6) is -0.416. The van der Waals surface area contributed by atoms with E-state index < -0.39 is 5.82 Å². The van der Waals surface area contributed by atoms with Crippen LogP contribution in [0.1, 0.15) is 63.0 Å². The standard InChI is InChI=1S/C16H22FN/c1-2-3-4-5-6-7-8-9-14-10-11-16(17)15(12-14)13-18/h10-12H,2-9H2,1H3. The van der Waals surface area contributed by atoms with Gasteiger partial charge in [-0.15, -0.1) is 0 Å². The van der Waals surface area contributed by atoms with Crippen molar-refractivity contribution in [2.24, 2.45) is 0 Å². The molecule has 0 bridgehead atoms. The summed E-state index contributed by atoms with van der Waals surface area (Å²) in [6, 6.07) is 6.74. The molecule has 18 heavy (non-hydrogen) atoms. The molecule has 1 nitrogen and oxygen atoms in total. The predicted molar refractivity (Wildman–Crippen MR) is 72.8 cm³/mol. The fourth-order valence-electron chi connectivity index (χ4n) is 2.10. The maximum Gasteiger partial charge on any atom is 0.140 e. The van der Waals surface area contributed by atoms with Crippen LogP contribution in [0.5, 0.6) is 0 Å². The van der Waals surface area contributed by atoms with Crippen molar-refractivity contribution in [3.63, 3.8) is 0 Å². The van der Waals surface area contributed by atoms with Gasteiger partial charge in [0, 0.05) is 0 Å². The first-order valence-corrected chi connectivity index (χ1v) is 6.96. The highest BCUT2D eigenvalue weighted by atomic mass is 19.1. The van der Waals surface area contributed by atoms with Gasteiger partial charge in [0.25, 0.3) is 0 Å². The minimum atomic E-state index is -0.416. The number of unbranched alkanes of at least 4 members (excludes halogenated alkanes) is 6. The second-order valence-electron chi connectivity index (χ2n) is 4.80. The Morgan fingerprint density at radius 1 is 1.06 bits per heavy atom. The number of nitrogens with zero attached hydrogens (tertiary/aromatic N) is 1. The molecular weight excluding hydrogens is 225 g/mol. The van der Waals surface area contributed by atoms with E-state index in [0.29, 0.717) is 0 Å². The van der Waals surface area contributed by atoms with E-state index in [9.17, 15) is 4.39 Å². The molecule has 0 spiro atoms. The second-order valence-corrected chi connectivity index (χ2v) is 4.80. The number of nitriles is 1. The Bertz CT molecular complexity index is 393. The molecule has 0 fully saturated rings. The number of rotatable bonds is 8. The van der Waals surface area contributed by atoms with Gasteiger partial charge < -0.3 is 0 Å². The van der Waals surface area contributed by atoms with Crippen molar-refractivity contribution in [2.75, 3.05) is 0 Å². The van der Waals surface area contributed by atoms with Crippen LogP contribution >= 0.6 is 0 Å². The Labute approximate surface area is 110 Å². The summed E-state index contributed by atoms with van der Waals surface area (Å²) >= 11 is 0. The van der Waals surface area contributed by atoms with Gasteiger partial charge in [0.15, 0.2) is 0 Å². The molecule has 1 aromatic carbocycles. The number of halogens is 1. The van der Waals surface area contributed by atoms with E-state index in [1.54, 1.807) is 12.1 Å². The quantitative estimate of drug-likeness (QED) is 0.594. The molecule has 0 saturated heterocycles. The van der Waals surface area contributed by atoms with Crippen LogP contribution in [0.15, 0.2) is 18.2 Å². The normalized spacial score (nSPS) is 10.3. The summed E-state index contributed by atoms with van der Waals surface area (Å²) in [4.78, 5) is 0. The lowest BCUT2D eigenvalue weighted by Crippen LogP contribution is -1.90. The number of benzene rings is 1. The van der Waals surface area contributed by atoms with Crippen molar-refractivity contribution in [1.82, 2.24) is 0 Å². The minimum Gasteiger partial charge on any atom is -0.206 e. The van der Waals surface area contributed by atoms with Crippen molar-refractivity contribution in [3.8, 4) is 6.07 Å². The third-order valence-electron chi connectivity index (χ3n) is 3.22. The van der Waals surface area contributed by atoms with E-state index in [4.69, 9.17) is 5.26 Å². The monoisotopic (exact) mass is 247 g/mol. The zero-order valence-corrected chi connectivity index (χ0v) is 11.2. The Morgan fingerprint density at radius 3 is 2.39 bits per heavy atom. The van der Waals surface area contributed by atoms with E-state index in [1.165, 1.54) is 44.6 Å². The molecule has 0 N–H and O–H groups in total. The maximum absolute atomic E-state index is 13.1. The SMILES string of the molecule is CCCCCCCCCc1ccc(F)c(C#N)c1. The molecular formula is C16H22FN. The first-order valence-electron chi connectivity index (χ1n) is 6.96. The van der Waals surface area contributed by atoms with Gasteiger partial charge in [-0.05, 0) is 30.5 Å². The summed E-state index contributed by atoms with van der Waals surface area (Å²) in [7, 11) is 0. The lowest BCUT2D eigenvalue weighted by atomic mass is 10.0. The van der Waals surface area contributed by atoms with Crippen molar-refractivity contribution in [1.29, 1.82) is 5.26 Å². The van der Waals surface area contributed by atoms with Crippen LogP contribution in [0.4, 0.5) is 4.39 Å². The fourth-order valence-corrected chi connectivity index (χ4v) is 2.10. The van der Waals surface area contributed by atoms with Gasteiger partial charge in [0.1, 0.15) is 11.9 Å². The summed E-state index contributed by atoms with van der Waals surface area (Å²) < 4.78 is 13.1. The third-order valence-corrected chi connectivity index (χ3v) is 3.22. The van der Waals surface area contributed by atoms with Gasteiger partial charge in [-0.25, -0.2) is 4.39 Å². The lowest BCUT2D eigenvalue weighted by Gasteiger charge is -2.03. The molecule has 0 saturated carbocycles. The number of aryl methyl sites for hydroxylation is 1. The van der Waals surface area contributed by atoms with Crippen molar-refractivity contribution >= 4 is 0 Å². The zero-order valence-electron chi connectivity index (χ0n) is 11.2. The Hall–Kier alpha value is -1.36. The molecule has 0 unspecified atom stereocenters. The third kappa shape index (κ3) is 5.31. The molecule has 0 atom stereocenters. The van der Waals surface area contributed by atoms with Crippen LogP contribution < -0.4 is 0 Å². The molecule has 0 radical (unpaired) electrons. The van der Waals surface area contributed by atoms with E-state index >= 15 is 0 Å². The molecule has 98 valence electrons. The average Bonchev–Trinajstić information content (AvgIpc) is 2.39. The van der Waals surface area contributed by atoms with E-state index in [1.807, 2.05) is 6.07 Å². The van der Waals surface area contributed by atoms with Crippen LogP contribution in [0, 0.1) is 17.1 Å². The summed E-state index contributed by atoms with van der Waals surface area (Å²) in [6.07, 6.45) is 9.86. The molecule has 0 aliphatic rings. The zero-order chi connectivity index (χ0) is 13.2. The largest absolute Gasteiger partial charge is 0.206 e. The highest BCUT2D eigenvalue weighted by Gasteiger charge is 2.02. The highest BCUT2D eigenvalue weighted by Crippen LogP contribution is 2.13. The van der Waals surface area contributed by atoms with Gasteiger partial charge in [0.05, 0.1) is 5.56 Å². The number of hydrogen-bond donors (Lipinski definition) is 0. The predicted octanol–water partition coefficient (Wildman–Crippen LogP) is 4.99. The molecule has 1 rings (SSSR count). The summed E-state index contributed by atoms with van der Waals surface area (Å²) in [5.41, 5.74) is 1.23.